The Labute approximate surface area is 133 Å². The van der Waals surface area contributed by atoms with Gasteiger partial charge in [-0.05, 0) is 36.9 Å². The van der Waals surface area contributed by atoms with Crippen LogP contribution in [0.3, 0.4) is 0 Å². The number of nitrogens with one attached hydrogen (secondary N) is 1. The average Bonchev–Trinajstić information content (AvgIpc) is 2.89. The van der Waals surface area contributed by atoms with Gasteiger partial charge >= 0.3 is 6.01 Å². The highest BCUT2D eigenvalue weighted by atomic mass is 35.5. The molecule has 0 bridgehead atoms. The van der Waals surface area contributed by atoms with Crippen molar-refractivity contribution in [3.05, 3.63) is 27.7 Å². The molecule has 21 heavy (non-hydrogen) atoms. The van der Waals surface area contributed by atoms with E-state index >= 15 is 0 Å². The summed E-state index contributed by atoms with van der Waals surface area (Å²) in [7, 11) is 0. The van der Waals surface area contributed by atoms with Gasteiger partial charge in [-0.3, -0.25) is 0 Å². The molecule has 0 saturated carbocycles. The van der Waals surface area contributed by atoms with E-state index in [2.05, 4.69) is 51.6 Å². The van der Waals surface area contributed by atoms with E-state index in [1.165, 1.54) is 4.88 Å². The second-order valence-electron chi connectivity index (χ2n) is 5.59. The van der Waals surface area contributed by atoms with Crippen LogP contribution in [0.15, 0.2) is 17.5 Å². The Morgan fingerprint density at radius 1 is 1.33 bits per heavy atom. The first kappa shape index (κ1) is 16.0. The van der Waals surface area contributed by atoms with Crippen LogP contribution in [0.4, 0.5) is 5.95 Å². The lowest BCUT2D eigenvalue weighted by molar-refractivity contribution is 0.222. The first-order valence-corrected chi connectivity index (χ1v) is 7.99. The van der Waals surface area contributed by atoms with Gasteiger partial charge in [-0.2, -0.15) is 15.0 Å². The number of aromatic nitrogens is 3. The van der Waals surface area contributed by atoms with E-state index in [9.17, 15) is 0 Å². The maximum absolute atomic E-state index is 5.90. The van der Waals surface area contributed by atoms with Crippen LogP contribution < -0.4 is 10.1 Å². The van der Waals surface area contributed by atoms with Gasteiger partial charge in [0.25, 0.3) is 0 Å². The zero-order chi connectivity index (χ0) is 15.5. The van der Waals surface area contributed by atoms with Gasteiger partial charge in [-0.15, -0.1) is 11.3 Å². The molecule has 0 unspecified atom stereocenters. The predicted octanol–water partition coefficient (Wildman–Crippen LogP) is 3.76. The van der Waals surface area contributed by atoms with E-state index in [4.69, 9.17) is 16.3 Å². The summed E-state index contributed by atoms with van der Waals surface area (Å²) in [4.78, 5) is 13.6. The highest BCUT2D eigenvalue weighted by Gasteiger charge is 2.22. The Balaban J connectivity index is 2.07. The Kier molecular flexibility index (Phi) is 5.00. The molecular weight excluding hydrogens is 308 g/mol. The maximum atomic E-state index is 5.90. The van der Waals surface area contributed by atoms with Gasteiger partial charge in [0.2, 0.25) is 11.2 Å². The van der Waals surface area contributed by atoms with Crippen molar-refractivity contribution in [2.75, 3.05) is 11.9 Å². The molecule has 7 heteroatoms. The summed E-state index contributed by atoms with van der Waals surface area (Å²) in [5, 5.41) is 5.40. The minimum Gasteiger partial charge on any atom is -0.461 e. The minimum absolute atomic E-state index is 0.0149. The third-order valence-corrected chi connectivity index (χ3v) is 4.21. The Morgan fingerprint density at radius 2 is 2.10 bits per heavy atom. The Bertz CT molecular complexity index is 587. The lowest BCUT2D eigenvalue weighted by Crippen LogP contribution is -2.27. The molecule has 5 nitrogen and oxygen atoms in total. The van der Waals surface area contributed by atoms with Gasteiger partial charge in [0, 0.05) is 16.8 Å². The Hall–Kier alpha value is -1.40. The molecule has 2 aromatic heterocycles. The lowest BCUT2D eigenvalue weighted by Gasteiger charge is -2.23. The van der Waals surface area contributed by atoms with Crippen molar-refractivity contribution in [2.24, 2.45) is 0 Å². The fourth-order valence-electron chi connectivity index (χ4n) is 1.73. The summed E-state index contributed by atoms with van der Waals surface area (Å²) in [6, 6.07) is 4.41. The van der Waals surface area contributed by atoms with Gasteiger partial charge < -0.3 is 10.1 Å². The number of nitrogens with zero attached hydrogens (tertiary/aromatic N) is 3. The highest BCUT2D eigenvalue weighted by molar-refractivity contribution is 7.10. The topological polar surface area (TPSA) is 59.9 Å². The predicted molar refractivity (Wildman–Crippen MR) is 86.4 cm³/mol. The quantitative estimate of drug-likeness (QED) is 0.875. The van der Waals surface area contributed by atoms with Crippen molar-refractivity contribution >= 4 is 28.9 Å². The van der Waals surface area contributed by atoms with E-state index in [1.54, 1.807) is 11.3 Å². The van der Waals surface area contributed by atoms with Crippen LogP contribution >= 0.6 is 22.9 Å². The van der Waals surface area contributed by atoms with Crippen molar-refractivity contribution in [3.63, 3.8) is 0 Å². The summed E-state index contributed by atoms with van der Waals surface area (Å²) < 4.78 is 5.46. The van der Waals surface area contributed by atoms with E-state index < -0.39 is 0 Å². The minimum atomic E-state index is -0.0215. The first-order valence-electron chi connectivity index (χ1n) is 6.73. The summed E-state index contributed by atoms with van der Waals surface area (Å²) in [6.45, 7) is 8.84. The van der Waals surface area contributed by atoms with Gasteiger partial charge in [-0.1, -0.05) is 19.9 Å². The SMILES string of the molecule is CC(C)Oc1nc(Cl)nc(NCC(C)(C)c2cccs2)n1. The molecule has 0 spiro atoms. The molecule has 1 N–H and O–H groups in total. The van der Waals surface area contributed by atoms with E-state index in [1.807, 2.05) is 13.8 Å². The summed E-state index contributed by atoms with van der Waals surface area (Å²) >= 11 is 7.64. The largest absolute Gasteiger partial charge is 0.461 e. The molecule has 0 fully saturated rings. The molecule has 0 radical (unpaired) electrons. The molecule has 2 aromatic rings. The molecule has 114 valence electrons. The van der Waals surface area contributed by atoms with Crippen LogP contribution in [0, 0.1) is 0 Å². The molecule has 0 amide bonds. The smallest absolute Gasteiger partial charge is 0.322 e. The number of rotatable bonds is 6. The van der Waals surface area contributed by atoms with Crippen molar-refractivity contribution < 1.29 is 4.74 Å². The van der Waals surface area contributed by atoms with Crippen LogP contribution in [0.5, 0.6) is 6.01 Å². The third kappa shape index (κ3) is 4.54. The molecule has 0 atom stereocenters. The van der Waals surface area contributed by atoms with Crippen molar-refractivity contribution in [2.45, 2.75) is 39.2 Å². The van der Waals surface area contributed by atoms with E-state index in [0.717, 1.165) is 0 Å². The zero-order valence-corrected chi connectivity index (χ0v) is 14.1. The summed E-state index contributed by atoms with van der Waals surface area (Å²) in [6.07, 6.45) is -0.0149. The molecule has 2 rings (SSSR count). The van der Waals surface area contributed by atoms with Gasteiger partial charge in [0.05, 0.1) is 6.10 Å². The first-order chi connectivity index (χ1) is 9.87. The maximum Gasteiger partial charge on any atom is 0.322 e. The average molecular weight is 327 g/mol. The van der Waals surface area contributed by atoms with Gasteiger partial charge in [0.15, 0.2) is 0 Å². The van der Waals surface area contributed by atoms with Crippen LogP contribution in [0.25, 0.3) is 0 Å². The third-order valence-electron chi connectivity index (χ3n) is 2.81. The number of halogens is 1. The Morgan fingerprint density at radius 3 is 2.71 bits per heavy atom. The van der Waals surface area contributed by atoms with E-state index in [-0.39, 0.29) is 22.8 Å². The van der Waals surface area contributed by atoms with Crippen molar-refractivity contribution in [1.82, 2.24) is 15.0 Å². The molecular formula is C14H19ClN4OS. The molecule has 2 heterocycles. The van der Waals surface area contributed by atoms with Gasteiger partial charge in [0.1, 0.15) is 0 Å². The second kappa shape index (κ2) is 6.58. The number of thiophene rings is 1. The van der Waals surface area contributed by atoms with Crippen LogP contribution in [0.1, 0.15) is 32.6 Å². The molecule has 0 saturated heterocycles. The molecule has 0 aliphatic heterocycles. The second-order valence-corrected chi connectivity index (χ2v) is 6.88. The number of hydrogen-bond acceptors (Lipinski definition) is 6. The van der Waals surface area contributed by atoms with Crippen LogP contribution in [-0.2, 0) is 5.41 Å². The lowest BCUT2D eigenvalue weighted by atomic mass is 9.91. The number of anilines is 1. The summed E-state index contributed by atoms with van der Waals surface area (Å²) in [5.41, 5.74) is -0.0215. The van der Waals surface area contributed by atoms with Crippen molar-refractivity contribution in [1.29, 1.82) is 0 Å². The van der Waals surface area contributed by atoms with Crippen LogP contribution in [-0.4, -0.2) is 27.6 Å². The molecule has 0 aliphatic carbocycles. The van der Waals surface area contributed by atoms with E-state index in [0.29, 0.717) is 12.5 Å². The standard InChI is InChI=1S/C14H19ClN4OS/c1-9(2)20-13-18-11(15)17-12(19-13)16-8-14(3,4)10-6-5-7-21-10/h5-7,9H,8H2,1-4H3,(H,16,17,18,19). The molecule has 0 aromatic carbocycles. The molecule has 0 aliphatic rings. The summed E-state index contributed by atoms with van der Waals surface area (Å²) in [5.74, 6) is 0.426. The number of hydrogen-bond donors (Lipinski definition) is 1. The van der Waals surface area contributed by atoms with Crippen LogP contribution in [0.2, 0.25) is 5.28 Å². The monoisotopic (exact) mass is 326 g/mol. The zero-order valence-electron chi connectivity index (χ0n) is 12.6. The fourth-order valence-corrected chi connectivity index (χ4v) is 2.73. The number of ether oxygens (including phenoxy) is 1. The fraction of sp³-hybridized carbons (Fsp3) is 0.500. The highest BCUT2D eigenvalue weighted by Crippen LogP contribution is 2.27. The van der Waals surface area contributed by atoms with Gasteiger partial charge in [-0.25, -0.2) is 0 Å². The normalized spacial score (nSPS) is 11.7. The van der Waals surface area contributed by atoms with Crippen molar-refractivity contribution in [3.8, 4) is 6.01 Å².